The monoisotopic (exact) mass is 267 g/mol. The van der Waals surface area contributed by atoms with Gasteiger partial charge in [-0.25, -0.2) is 0 Å². The third kappa shape index (κ3) is 3.96. The summed E-state index contributed by atoms with van der Waals surface area (Å²) in [5, 5.41) is 11.2. The number of carbonyl (C=O) groups excluding carboxylic acids is 1. The van der Waals surface area contributed by atoms with Crippen LogP contribution in [0.2, 0.25) is 0 Å². The number of ketones is 1. The van der Waals surface area contributed by atoms with E-state index < -0.39 is 12.0 Å². The van der Waals surface area contributed by atoms with Gasteiger partial charge in [-0.2, -0.15) is 0 Å². The van der Waals surface area contributed by atoms with Gasteiger partial charge in [0, 0.05) is 0 Å². The number of Topliss-reactive ketones (excluding diaryl/α,β-unsaturated/α-hetero) is 1. The minimum absolute atomic E-state index is 0.253. The highest BCUT2D eigenvalue weighted by Crippen LogP contribution is 2.25. The van der Waals surface area contributed by atoms with Gasteiger partial charge in [0.15, 0.2) is 5.78 Å². The summed E-state index contributed by atoms with van der Waals surface area (Å²) in [4.78, 5) is 22.7. The van der Waals surface area contributed by atoms with Crippen molar-refractivity contribution in [1.29, 1.82) is 0 Å². The first-order chi connectivity index (χ1) is 8.99. The zero-order valence-electron chi connectivity index (χ0n) is 11.1. The molecule has 1 rings (SSSR count). The average molecular weight is 267 g/mol. The minimum Gasteiger partial charge on any atom is -0.497 e. The van der Waals surface area contributed by atoms with Crippen LogP contribution in [0.15, 0.2) is 18.2 Å². The Hall–Kier alpha value is -2.08. The van der Waals surface area contributed by atoms with E-state index in [0.29, 0.717) is 17.1 Å². The Bertz CT molecular complexity index is 472. The van der Waals surface area contributed by atoms with Gasteiger partial charge in [-0.15, -0.1) is 0 Å². The Morgan fingerprint density at radius 2 is 2.00 bits per heavy atom. The molecule has 0 aromatic heterocycles. The molecule has 0 radical (unpaired) electrons. The molecule has 1 aromatic rings. The molecule has 104 valence electrons. The predicted molar refractivity (Wildman–Crippen MR) is 69.0 cm³/mol. The Kier molecular flexibility index (Phi) is 5.32. The molecular weight excluding hydrogens is 250 g/mol. The zero-order chi connectivity index (χ0) is 14.4. The third-order valence-corrected chi connectivity index (χ3v) is 2.62. The zero-order valence-corrected chi connectivity index (χ0v) is 11.1. The van der Waals surface area contributed by atoms with Crippen molar-refractivity contribution >= 4 is 11.8 Å². The van der Waals surface area contributed by atoms with Gasteiger partial charge in [0.2, 0.25) is 0 Å². The largest absolute Gasteiger partial charge is 0.497 e. The Balaban J connectivity index is 2.93. The van der Waals surface area contributed by atoms with Crippen molar-refractivity contribution in [3.63, 3.8) is 0 Å². The summed E-state index contributed by atoms with van der Waals surface area (Å²) >= 11 is 0. The molecule has 0 aliphatic heterocycles. The number of ether oxygens (including phenoxy) is 2. The number of carboxylic acids is 1. The first-order valence-corrected chi connectivity index (χ1v) is 5.71. The van der Waals surface area contributed by atoms with Crippen LogP contribution in [-0.2, 0) is 4.79 Å². The molecule has 19 heavy (non-hydrogen) atoms. The fourth-order valence-corrected chi connectivity index (χ4v) is 1.57. The molecule has 1 unspecified atom stereocenters. The number of benzene rings is 1. The molecule has 0 aliphatic rings. The van der Waals surface area contributed by atoms with Crippen LogP contribution in [0.5, 0.6) is 11.5 Å². The minimum atomic E-state index is -1.02. The lowest BCUT2D eigenvalue weighted by atomic mass is 10.0. The van der Waals surface area contributed by atoms with Crippen LogP contribution in [0.3, 0.4) is 0 Å². The second kappa shape index (κ2) is 6.75. The number of nitrogens with one attached hydrogen (secondary N) is 1. The first-order valence-electron chi connectivity index (χ1n) is 5.71. The van der Waals surface area contributed by atoms with Gasteiger partial charge in [0.25, 0.3) is 0 Å². The van der Waals surface area contributed by atoms with Gasteiger partial charge >= 0.3 is 5.97 Å². The van der Waals surface area contributed by atoms with Crippen LogP contribution >= 0.6 is 0 Å². The van der Waals surface area contributed by atoms with Gasteiger partial charge in [-0.05, 0) is 25.1 Å². The van der Waals surface area contributed by atoms with Crippen molar-refractivity contribution in [2.24, 2.45) is 0 Å². The number of carboxylic acid groups (broad SMARTS) is 1. The number of rotatable bonds is 7. The molecule has 0 fully saturated rings. The lowest BCUT2D eigenvalue weighted by Gasteiger charge is -2.14. The molecule has 0 aliphatic carbocycles. The van der Waals surface area contributed by atoms with E-state index in [-0.39, 0.29) is 12.3 Å². The van der Waals surface area contributed by atoms with Crippen molar-refractivity contribution < 1.29 is 24.2 Å². The highest BCUT2D eigenvalue weighted by molar-refractivity contribution is 6.02. The predicted octanol–water partition coefficient (Wildman–Crippen LogP) is 0.949. The summed E-state index contributed by atoms with van der Waals surface area (Å²) in [7, 11) is 2.97. The average Bonchev–Trinajstić information content (AvgIpc) is 2.42. The van der Waals surface area contributed by atoms with Crippen LogP contribution in [0.1, 0.15) is 17.3 Å². The molecule has 1 aromatic carbocycles. The summed E-state index contributed by atoms with van der Waals surface area (Å²) in [6, 6.07) is 4.26. The Morgan fingerprint density at radius 3 is 2.53 bits per heavy atom. The van der Waals surface area contributed by atoms with E-state index in [1.54, 1.807) is 25.1 Å². The Morgan fingerprint density at radius 1 is 1.32 bits per heavy atom. The molecule has 2 N–H and O–H groups in total. The molecule has 1 atom stereocenters. The molecule has 0 heterocycles. The van der Waals surface area contributed by atoms with Crippen molar-refractivity contribution in [2.45, 2.75) is 13.0 Å². The van der Waals surface area contributed by atoms with Crippen LogP contribution in [-0.4, -0.2) is 43.7 Å². The SMILES string of the molecule is COc1ccc(OC)c(C(=O)C(C)NCC(=O)O)c1. The lowest BCUT2D eigenvalue weighted by molar-refractivity contribution is -0.136. The number of hydrogen-bond acceptors (Lipinski definition) is 5. The fourth-order valence-electron chi connectivity index (χ4n) is 1.57. The highest BCUT2D eigenvalue weighted by Gasteiger charge is 2.20. The van der Waals surface area contributed by atoms with Crippen LogP contribution in [0, 0.1) is 0 Å². The number of methoxy groups -OCH3 is 2. The first kappa shape index (κ1) is 15.0. The number of hydrogen-bond donors (Lipinski definition) is 2. The van der Waals surface area contributed by atoms with Gasteiger partial charge in [-0.3, -0.25) is 14.9 Å². The van der Waals surface area contributed by atoms with Crippen molar-refractivity contribution in [3.05, 3.63) is 23.8 Å². The molecule has 0 spiro atoms. The van der Waals surface area contributed by atoms with Crippen molar-refractivity contribution in [2.75, 3.05) is 20.8 Å². The van der Waals surface area contributed by atoms with E-state index in [9.17, 15) is 9.59 Å². The third-order valence-electron chi connectivity index (χ3n) is 2.62. The van der Waals surface area contributed by atoms with Gasteiger partial charge in [0.05, 0.1) is 32.4 Å². The fraction of sp³-hybridized carbons (Fsp3) is 0.385. The molecule has 0 bridgehead atoms. The standard InChI is InChI=1S/C13H17NO5/c1-8(14-7-12(15)16)13(17)10-6-9(18-2)4-5-11(10)19-3/h4-6,8,14H,7H2,1-3H3,(H,15,16). The van der Waals surface area contributed by atoms with Gasteiger partial charge in [-0.1, -0.05) is 0 Å². The summed E-state index contributed by atoms with van der Waals surface area (Å²) in [6.07, 6.45) is 0. The normalized spacial score (nSPS) is 11.7. The highest BCUT2D eigenvalue weighted by atomic mass is 16.5. The molecule has 6 heteroatoms. The van der Waals surface area contributed by atoms with Crippen LogP contribution < -0.4 is 14.8 Å². The maximum atomic E-state index is 12.2. The maximum Gasteiger partial charge on any atom is 0.317 e. The topological polar surface area (TPSA) is 84.9 Å². The van der Waals surface area contributed by atoms with E-state index in [1.165, 1.54) is 14.2 Å². The van der Waals surface area contributed by atoms with Gasteiger partial charge in [0.1, 0.15) is 11.5 Å². The second-order valence-electron chi connectivity index (χ2n) is 3.93. The van der Waals surface area contributed by atoms with Crippen molar-refractivity contribution in [3.8, 4) is 11.5 Å². The summed E-state index contributed by atoms with van der Waals surface area (Å²) in [5.74, 6) is -0.307. The van der Waals surface area contributed by atoms with E-state index in [4.69, 9.17) is 14.6 Å². The summed E-state index contributed by atoms with van der Waals surface area (Å²) in [5.41, 5.74) is 0.354. The molecule has 6 nitrogen and oxygen atoms in total. The lowest BCUT2D eigenvalue weighted by Crippen LogP contribution is -2.37. The molecule has 0 saturated carbocycles. The smallest absolute Gasteiger partial charge is 0.317 e. The molecule has 0 saturated heterocycles. The van der Waals surface area contributed by atoms with E-state index >= 15 is 0 Å². The molecular formula is C13H17NO5. The molecule has 0 amide bonds. The van der Waals surface area contributed by atoms with E-state index in [1.807, 2.05) is 0 Å². The summed E-state index contributed by atoms with van der Waals surface area (Å²) < 4.78 is 10.2. The number of aliphatic carboxylic acids is 1. The summed E-state index contributed by atoms with van der Waals surface area (Å²) in [6.45, 7) is 1.32. The number of carbonyl (C=O) groups is 2. The van der Waals surface area contributed by atoms with Crippen molar-refractivity contribution in [1.82, 2.24) is 5.32 Å². The van der Waals surface area contributed by atoms with Gasteiger partial charge < -0.3 is 14.6 Å². The second-order valence-corrected chi connectivity index (χ2v) is 3.93. The Labute approximate surface area is 111 Å². The van der Waals surface area contributed by atoms with Crippen LogP contribution in [0.4, 0.5) is 0 Å². The van der Waals surface area contributed by atoms with Crippen LogP contribution in [0.25, 0.3) is 0 Å². The quantitative estimate of drug-likeness (QED) is 0.715. The van der Waals surface area contributed by atoms with E-state index in [0.717, 1.165) is 0 Å². The maximum absolute atomic E-state index is 12.2. The van der Waals surface area contributed by atoms with E-state index in [2.05, 4.69) is 5.32 Å².